The molecular weight excluding hydrogens is 522 g/mol. The Labute approximate surface area is 230 Å². The van der Waals surface area contributed by atoms with E-state index >= 15 is 0 Å². The SMILES string of the molecule is CCCNC(=O)C(CC)N(Cc1ccccc1C)C(=O)CN(c1cccc(Cl)c1)S(=O)(=O)c1ccccc1. The summed E-state index contributed by atoms with van der Waals surface area (Å²) >= 11 is 6.20. The molecule has 0 bridgehead atoms. The molecule has 38 heavy (non-hydrogen) atoms. The molecule has 0 spiro atoms. The lowest BCUT2D eigenvalue weighted by molar-refractivity contribution is -0.140. The van der Waals surface area contributed by atoms with Gasteiger partial charge in [0, 0.05) is 18.1 Å². The van der Waals surface area contributed by atoms with Gasteiger partial charge in [0.1, 0.15) is 12.6 Å². The second-order valence-electron chi connectivity index (χ2n) is 8.97. The first-order valence-electron chi connectivity index (χ1n) is 12.6. The first-order chi connectivity index (χ1) is 18.2. The highest BCUT2D eigenvalue weighted by atomic mass is 35.5. The lowest BCUT2D eigenvalue weighted by Crippen LogP contribution is -2.52. The van der Waals surface area contributed by atoms with E-state index in [4.69, 9.17) is 11.6 Å². The molecular formula is C29H34ClN3O4S. The van der Waals surface area contributed by atoms with Crippen molar-refractivity contribution in [3.63, 3.8) is 0 Å². The van der Waals surface area contributed by atoms with Crippen LogP contribution in [-0.2, 0) is 26.2 Å². The van der Waals surface area contributed by atoms with Crippen LogP contribution in [0, 0.1) is 6.92 Å². The zero-order chi connectivity index (χ0) is 27.7. The van der Waals surface area contributed by atoms with Crippen LogP contribution in [-0.4, -0.2) is 44.3 Å². The highest BCUT2D eigenvalue weighted by Crippen LogP contribution is 2.27. The van der Waals surface area contributed by atoms with Gasteiger partial charge in [-0.25, -0.2) is 8.42 Å². The van der Waals surface area contributed by atoms with E-state index in [0.717, 1.165) is 21.9 Å². The third-order valence-electron chi connectivity index (χ3n) is 6.24. The standard InChI is InChI=1S/C29H34ClN3O4S/c1-4-18-31-29(35)27(5-2)32(20-23-13-10-9-12-22(23)3)28(34)21-33(25-15-11-14-24(30)19-25)38(36,37)26-16-7-6-8-17-26/h6-17,19,27H,4-5,18,20-21H2,1-3H3,(H,31,35). The molecule has 3 aromatic rings. The predicted octanol–water partition coefficient (Wildman–Crippen LogP) is 5.18. The van der Waals surface area contributed by atoms with Crippen molar-refractivity contribution in [3.05, 3.63) is 95.0 Å². The second kappa shape index (κ2) is 13.4. The molecule has 0 aliphatic heterocycles. The molecule has 3 rings (SSSR count). The number of sulfonamides is 1. The number of carbonyl (C=O) groups excluding carboxylic acids is 2. The normalized spacial score (nSPS) is 12.0. The smallest absolute Gasteiger partial charge is 0.264 e. The number of hydrogen-bond acceptors (Lipinski definition) is 4. The summed E-state index contributed by atoms with van der Waals surface area (Å²) in [5.41, 5.74) is 2.11. The number of amides is 2. The fraction of sp³-hybridized carbons (Fsp3) is 0.310. The minimum Gasteiger partial charge on any atom is -0.354 e. The molecule has 0 saturated heterocycles. The summed E-state index contributed by atoms with van der Waals surface area (Å²) in [7, 11) is -4.12. The summed E-state index contributed by atoms with van der Waals surface area (Å²) in [5.74, 6) is -0.761. The largest absolute Gasteiger partial charge is 0.354 e. The van der Waals surface area contributed by atoms with Crippen molar-refractivity contribution in [1.82, 2.24) is 10.2 Å². The quantitative estimate of drug-likeness (QED) is 0.334. The number of carbonyl (C=O) groups is 2. The Bertz CT molecular complexity index is 1350. The van der Waals surface area contributed by atoms with Gasteiger partial charge in [-0.2, -0.15) is 0 Å². The maximum Gasteiger partial charge on any atom is 0.264 e. The Balaban J connectivity index is 2.05. The molecule has 3 aromatic carbocycles. The van der Waals surface area contributed by atoms with E-state index in [1.54, 1.807) is 36.4 Å². The molecule has 1 unspecified atom stereocenters. The van der Waals surface area contributed by atoms with Crippen LogP contribution in [0.15, 0.2) is 83.8 Å². The monoisotopic (exact) mass is 555 g/mol. The number of rotatable bonds is 12. The molecule has 0 saturated carbocycles. The van der Waals surface area contributed by atoms with Crippen molar-refractivity contribution in [2.75, 3.05) is 17.4 Å². The number of halogens is 1. The van der Waals surface area contributed by atoms with E-state index in [-0.39, 0.29) is 23.0 Å². The van der Waals surface area contributed by atoms with Crippen LogP contribution < -0.4 is 9.62 Å². The van der Waals surface area contributed by atoms with Crippen LogP contribution in [0.4, 0.5) is 5.69 Å². The Kier molecular flexibility index (Phi) is 10.3. The van der Waals surface area contributed by atoms with E-state index < -0.39 is 28.5 Å². The van der Waals surface area contributed by atoms with E-state index in [9.17, 15) is 18.0 Å². The third kappa shape index (κ3) is 7.14. The van der Waals surface area contributed by atoms with Crippen molar-refractivity contribution in [2.24, 2.45) is 0 Å². The summed E-state index contributed by atoms with van der Waals surface area (Å²) in [6, 6.07) is 21.2. The molecule has 0 aliphatic rings. The molecule has 1 atom stereocenters. The minimum absolute atomic E-state index is 0.0472. The maximum atomic E-state index is 14.0. The number of nitrogens with one attached hydrogen (secondary N) is 1. The fourth-order valence-corrected chi connectivity index (χ4v) is 5.75. The van der Waals surface area contributed by atoms with Gasteiger partial charge in [-0.3, -0.25) is 13.9 Å². The lowest BCUT2D eigenvalue weighted by Gasteiger charge is -2.33. The Hall–Kier alpha value is -3.36. The van der Waals surface area contributed by atoms with E-state index in [2.05, 4.69) is 5.32 Å². The Morgan fingerprint density at radius 2 is 1.63 bits per heavy atom. The number of nitrogens with zero attached hydrogens (tertiary/aromatic N) is 2. The lowest BCUT2D eigenvalue weighted by atomic mass is 10.1. The van der Waals surface area contributed by atoms with Crippen LogP contribution in [0.3, 0.4) is 0 Å². The van der Waals surface area contributed by atoms with E-state index in [1.807, 2.05) is 45.0 Å². The van der Waals surface area contributed by atoms with Gasteiger partial charge in [0.15, 0.2) is 0 Å². The summed E-state index contributed by atoms with van der Waals surface area (Å²) in [4.78, 5) is 28.6. The van der Waals surface area contributed by atoms with E-state index in [1.165, 1.54) is 23.1 Å². The van der Waals surface area contributed by atoms with Crippen LogP contribution >= 0.6 is 11.6 Å². The summed E-state index contributed by atoms with van der Waals surface area (Å²) in [6.45, 7) is 5.88. The minimum atomic E-state index is -4.12. The average molecular weight is 556 g/mol. The zero-order valence-corrected chi connectivity index (χ0v) is 23.5. The molecule has 0 aromatic heterocycles. The maximum absolute atomic E-state index is 14.0. The summed E-state index contributed by atoms with van der Waals surface area (Å²) < 4.78 is 28.6. The van der Waals surface area contributed by atoms with Crippen LogP contribution in [0.1, 0.15) is 37.8 Å². The Morgan fingerprint density at radius 1 is 0.947 bits per heavy atom. The third-order valence-corrected chi connectivity index (χ3v) is 8.27. The molecule has 1 N–H and O–H groups in total. The highest BCUT2D eigenvalue weighted by molar-refractivity contribution is 7.92. The van der Waals surface area contributed by atoms with Crippen molar-refractivity contribution >= 4 is 39.1 Å². The van der Waals surface area contributed by atoms with Crippen molar-refractivity contribution < 1.29 is 18.0 Å². The first kappa shape index (κ1) is 29.2. The van der Waals surface area contributed by atoms with Crippen LogP contribution in [0.2, 0.25) is 5.02 Å². The van der Waals surface area contributed by atoms with Crippen molar-refractivity contribution in [3.8, 4) is 0 Å². The zero-order valence-electron chi connectivity index (χ0n) is 21.9. The van der Waals surface area contributed by atoms with Gasteiger partial charge in [-0.1, -0.05) is 74.0 Å². The molecule has 0 aliphatic carbocycles. The highest BCUT2D eigenvalue weighted by Gasteiger charge is 2.33. The average Bonchev–Trinajstić information content (AvgIpc) is 2.91. The Morgan fingerprint density at radius 3 is 2.26 bits per heavy atom. The summed E-state index contributed by atoms with van der Waals surface area (Å²) in [5, 5.41) is 3.22. The molecule has 7 nitrogen and oxygen atoms in total. The first-order valence-corrected chi connectivity index (χ1v) is 14.5. The van der Waals surface area contributed by atoms with Gasteiger partial charge in [-0.05, 0) is 61.2 Å². The predicted molar refractivity (Wildman–Crippen MR) is 152 cm³/mol. The second-order valence-corrected chi connectivity index (χ2v) is 11.3. The summed E-state index contributed by atoms with van der Waals surface area (Å²) in [6.07, 6.45) is 1.13. The number of benzene rings is 3. The van der Waals surface area contributed by atoms with Gasteiger partial charge >= 0.3 is 0 Å². The molecule has 202 valence electrons. The molecule has 9 heteroatoms. The van der Waals surface area contributed by atoms with E-state index in [0.29, 0.717) is 18.0 Å². The van der Waals surface area contributed by atoms with Gasteiger partial charge < -0.3 is 10.2 Å². The van der Waals surface area contributed by atoms with Crippen LogP contribution in [0.25, 0.3) is 0 Å². The van der Waals surface area contributed by atoms with Crippen molar-refractivity contribution in [1.29, 1.82) is 0 Å². The van der Waals surface area contributed by atoms with Gasteiger partial charge in [0.25, 0.3) is 10.0 Å². The fourth-order valence-electron chi connectivity index (χ4n) is 4.14. The number of anilines is 1. The molecule has 0 heterocycles. The number of aryl methyl sites for hydroxylation is 1. The van der Waals surface area contributed by atoms with Crippen molar-refractivity contribution in [2.45, 2.75) is 51.1 Å². The topological polar surface area (TPSA) is 86.8 Å². The van der Waals surface area contributed by atoms with Gasteiger partial charge in [-0.15, -0.1) is 0 Å². The number of hydrogen-bond donors (Lipinski definition) is 1. The molecule has 0 fully saturated rings. The van der Waals surface area contributed by atoms with Gasteiger partial charge in [0.2, 0.25) is 11.8 Å². The molecule has 0 radical (unpaired) electrons. The van der Waals surface area contributed by atoms with Crippen LogP contribution in [0.5, 0.6) is 0 Å². The molecule has 2 amide bonds. The van der Waals surface area contributed by atoms with Gasteiger partial charge in [0.05, 0.1) is 10.6 Å².